The molecule has 0 spiro atoms. The van der Waals surface area contributed by atoms with Crippen LogP contribution in [-0.4, -0.2) is 48.6 Å². The van der Waals surface area contributed by atoms with Crippen molar-refractivity contribution in [3.05, 3.63) is 83.6 Å². The van der Waals surface area contributed by atoms with Gasteiger partial charge in [-0.15, -0.1) is 0 Å². The Balaban J connectivity index is 1.36. The van der Waals surface area contributed by atoms with Gasteiger partial charge < -0.3 is 9.64 Å². The lowest BCUT2D eigenvalue weighted by atomic mass is 9.99. The minimum Gasteiger partial charge on any atom is -0.462 e. The molecule has 1 aliphatic rings. The first-order chi connectivity index (χ1) is 16.2. The van der Waals surface area contributed by atoms with Gasteiger partial charge >= 0.3 is 5.97 Å². The molecule has 0 bridgehead atoms. The zero-order valence-corrected chi connectivity index (χ0v) is 18.9. The van der Waals surface area contributed by atoms with Crippen molar-refractivity contribution in [2.24, 2.45) is 0 Å². The summed E-state index contributed by atoms with van der Waals surface area (Å²) in [5.41, 5.74) is 4.48. The Kier molecular flexibility index (Phi) is 7.33. The van der Waals surface area contributed by atoms with Crippen LogP contribution in [0.4, 0.5) is 5.82 Å². The minimum atomic E-state index is -0.333. The summed E-state index contributed by atoms with van der Waals surface area (Å²) in [6, 6.07) is 22.2. The van der Waals surface area contributed by atoms with Crippen LogP contribution in [-0.2, 0) is 11.3 Å². The summed E-state index contributed by atoms with van der Waals surface area (Å²) in [5.74, 6) is 0.561. The normalized spacial score (nSPS) is 14.4. The van der Waals surface area contributed by atoms with E-state index in [-0.39, 0.29) is 5.97 Å². The van der Waals surface area contributed by atoms with E-state index in [1.807, 2.05) is 30.3 Å². The zero-order chi connectivity index (χ0) is 23.0. The SMILES string of the molecule is CCOC(=O)c1ccc(N2CCCN(Cc3ccc(-c4ccccc4C#N)cc3)CC2)nc1. The van der Waals surface area contributed by atoms with Gasteiger partial charge in [0.25, 0.3) is 0 Å². The van der Waals surface area contributed by atoms with Crippen molar-refractivity contribution >= 4 is 11.8 Å². The molecule has 0 atom stereocenters. The van der Waals surface area contributed by atoms with Crippen LogP contribution in [0.25, 0.3) is 11.1 Å². The van der Waals surface area contributed by atoms with Crippen LogP contribution in [0.2, 0.25) is 0 Å². The Morgan fingerprint density at radius 1 is 1.03 bits per heavy atom. The number of hydrogen-bond donors (Lipinski definition) is 0. The van der Waals surface area contributed by atoms with Gasteiger partial charge in [0, 0.05) is 38.9 Å². The highest BCUT2D eigenvalue weighted by Crippen LogP contribution is 2.24. The number of aromatic nitrogens is 1. The highest BCUT2D eigenvalue weighted by Gasteiger charge is 2.17. The number of ether oxygens (including phenoxy) is 1. The van der Waals surface area contributed by atoms with Crippen molar-refractivity contribution < 1.29 is 9.53 Å². The number of rotatable bonds is 6. The molecule has 2 aromatic carbocycles. The van der Waals surface area contributed by atoms with Crippen molar-refractivity contribution in [2.45, 2.75) is 19.9 Å². The molecule has 0 amide bonds. The van der Waals surface area contributed by atoms with E-state index >= 15 is 0 Å². The average Bonchev–Trinajstić information content (AvgIpc) is 3.10. The third-order valence-electron chi connectivity index (χ3n) is 5.89. The van der Waals surface area contributed by atoms with E-state index in [0.717, 1.165) is 56.1 Å². The molecule has 33 heavy (non-hydrogen) atoms. The summed E-state index contributed by atoms with van der Waals surface area (Å²) in [5, 5.41) is 9.36. The minimum absolute atomic E-state index is 0.333. The first-order valence-electron chi connectivity index (χ1n) is 11.4. The molecule has 1 aliphatic heterocycles. The van der Waals surface area contributed by atoms with Gasteiger partial charge in [-0.05, 0) is 48.2 Å². The van der Waals surface area contributed by atoms with Crippen LogP contribution in [0.1, 0.15) is 34.8 Å². The van der Waals surface area contributed by atoms with Crippen LogP contribution in [0.5, 0.6) is 0 Å². The second kappa shape index (κ2) is 10.8. The molecule has 1 aromatic heterocycles. The van der Waals surface area contributed by atoms with Crippen molar-refractivity contribution in [2.75, 3.05) is 37.7 Å². The number of esters is 1. The fourth-order valence-corrected chi connectivity index (χ4v) is 4.15. The third-order valence-corrected chi connectivity index (χ3v) is 5.89. The quantitative estimate of drug-likeness (QED) is 0.526. The number of pyridine rings is 1. The third kappa shape index (κ3) is 5.57. The van der Waals surface area contributed by atoms with Crippen LogP contribution < -0.4 is 4.90 Å². The molecule has 0 saturated carbocycles. The van der Waals surface area contributed by atoms with Crippen molar-refractivity contribution in [3.63, 3.8) is 0 Å². The van der Waals surface area contributed by atoms with Gasteiger partial charge in [-0.2, -0.15) is 5.26 Å². The van der Waals surface area contributed by atoms with E-state index in [2.05, 4.69) is 45.1 Å². The van der Waals surface area contributed by atoms with Crippen LogP contribution in [0, 0.1) is 11.3 Å². The van der Waals surface area contributed by atoms with E-state index in [1.165, 1.54) is 5.56 Å². The molecule has 0 N–H and O–H groups in total. The Bertz CT molecular complexity index is 1120. The van der Waals surface area contributed by atoms with Gasteiger partial charge in [-0.25, -0.2) is 9.78 Å². The molecule has 6 heteroatoms. The topological polar surface area (TPSA) is 69.5 Å². The molecule has 168 valence electrons. The molecule has 4 rings (SSSR count). The molecule has 2 heterocycles. The van der Waals surface area contributed by atoms with Gasteiger partial charge in [0.2, 0.25) is 0 Å². The van der Waals surface area contributed by atoms with E-state index < -0.39 is 0 Å². The number of carbonyl (C=O) groups excluding carboxylic acids is 1. The zero-order valence-electron chi connectivity index (χ0n) is 18.9. The van der Waals surface area contributed by atoms with E-state index in [9.17, 15) is 10.1 Å². The summed E-state index contributed by atoms with van der Waals surface area (Å²) in [6.45, 7) is 6.84. The Labute approximate surface area is 195 Å². The first-order valence-corrected chi connectivity index (χ1v) is 11.4. The maximum atomic E-state index is 11.8. The smallest absolute Gasteiger partial charge is 0.339 e. The van der Waals surface area contributed by atoms with E-state index in [0.29, 0.717) is 17.7 Å². The monoisotopic (exact) mass is 440 g/mol. The summed E-state index contributed by atoms with van der Waals surface area (Å²) < 4.78 is 5.03. The molecule has 1 fully saturated rings. The van der Waals surface area contributed by atoms with Gasteiger partial charge in [0.05, 0.1) is 23.8 Å². The number of carbonyl (C=O) groups is 1. The second-order valence-electron chi connectivity index (χ2n) is 8.10. The summed E-state index contributed by atoms with van der Waals surface area (Å²) in [4.78, 5) is 21.1. The molecule has 3 aromatic rings. The van der Waals surface area contributed by atoms with Gasteiger partial charge in [-0.1, -0.05) is 42.5 Å². The van der Waals surface area contributed by atoms with E-state index in [4.69, 9.17) is 4.74 Å². The molecular formula is C27H28N4O2. The number of hydrogen-bond acceptors (Lipinski definition) is 6. The molecule has 0 aliphatic carbocycles. The van der Waals surface area contributed by atoms with Gasteiger partial charge in [0.15, 0.2) is 0 Å². The number of nitrogens with zero attached hydrogens (tertiary/aromatic N) is 4. The summed E-state index contributed by atoms with van der Waals surface area (Å²) in [7, 11) is 0. The van der Waals surface area contributed by atoms with Crippen molar-refractivity contribution in [3.8, 4) is 17.2 Å². The Morgan fingerprint density at radius 3 is 2.58 bits per heavy atom. The molecule has 6 nitrogen and oxygen atoms in total. The standard InChI is InChI=1S/C27H28N4O2/c1-2-33-27(32)24-12-13-26(29-19-24)31-15-5-14-30(16-17-31)20-21-8-10-22(11-9-21)25-7-4-3-6-23(25)18-28/h3-4,6-13,19H,2,5,14-17,20H2,1H3. The fourth-order valence-electron chi connectivity index (χ4n) is 4.15. The molecule has 1 saturated heterocycles. The largest absolute Gasteiger partial charge is 0.462 e. The van der Waals surface area contributed by atoms with Gasteiger partial charge in [-0.3, -0.25) is 4.90 Å². The number of benzene rings is 2. The van der Waals surface area contributed by atoms with Crippen molar-refractivity contribution in [1.82, 2.24) is 9.88 Å². The molecule has 0 radical (unpaired) electrons. The highest BCUT2D eigenvalue weighted by molar-refractivity contribution is 5.89. The summed E-state index contributed by atoms with van der Waals surface area (Å²) >= 11 is 0. The summed E-state index contributed by atoms with van der Waals surface area (Å²) in [6.07, 6.45) is 2.65. The lowest BCUT2D eigenvalue weighted by Gasteiger charge is -2.23. The predicted octanol–water partition coefficient (Wildman–Crippen LogP) is 4.51. The Morgan fingerprint density at radius 2 is 1.85 bits per heavy atom. The van der Waals surface area contributed by atoms with Crippen LogP contribution >= 0.6 is 0 Å². The lowest BCUT2D eigenvalue weighted by molar-refractivity contribution is 0.0526. The second-order valence-corrected chi connectivity index (χ2v) is 8.10. The fraction of sp³-hybridized carbons (Fsp3) is 0.296. The van der Waals surface area contributed by atoms with Crippen LogP contribution in [0.3, 0.4) is 0 Å². The maximum Gasteiger partial charge on any atom is 0.339 e. The average molecular weight is 441 g/mol. The molecular weight excluding hydrogens is 412 g/mol. The number of nitriles is 1. The molecule has 0 unspecified atom stereocenters. The Hall–Kier alpha value is -3.69. The lowest BCUT2D eigenvalue weighted by Crippen LogP contribution is -2.31. The highest BCUT2D eigenvalue weighted by atomic mass is 16.5. The predicted molar refractivity (Wildman–Crippen MR) is 129 cm³/mol. The van der Waals surface area contributed by atoms with Gasteiger partial charge in [0.1, 0.15) is 5.82 Å². The van der Waals surface area contributed by atoms with Crippen LogP contribution in [0.15, 0.2) is 66.9 Å². The maximum absolute atomic E-state index is 11.8. The first kappa shape index (κ1) is 22.5. The van der Waals surface area contributed by atoms with E-state index in [1.54, 1.807) is 19.2 Å². The number of anilines is 1. The van der Waals surface area contributed by atoms with Crippen molar-refractivity contribution in [1.29, 1.82) is 5.26 Å².